The van der Waals surface area contributed by atoms with E-state index in [2.05, 4.69) is 7.36 Å². The van der Waals surface area contributed by atoms with E-state index in [9.17, 15) is 9.18 Å². The molecular formula is C15H10FN2OTl. The van der Waals surface area contributed by atoms with E-state index in [0.29, 0.717) is 32.4 Å². The second-order valence-corrected chi connectivity index (χ2v) is 6.77. The van der Waals surface area contributed by atoms with E-state index in [4.69, 9.17) is 0 Å². The first kappa shape index (κ1) is 13.4. The Morgan fingerprint density at radius 2 is 2.10 bits per heavy atom. The number of hydrogen-bond donors (Lipinski definition) is 0. The number of aromatic nitrogens is 2. The number of rotatable bonds is 2. The molecule has 0 saturated carbocycles. The summed E-state index contributed by atoms with van der Waals surface area (Å²) in [7, 11) is 0. The molecule has 0 bridgehead atoms. The minimum absolute atomic E-state index is 0.0810. The topological polar surface area (TPSA) is 34.9 Å². The number of carbonyl (C=O) groups is 1. The van der Waals surface area contributed by atoms with E-state index in [0.717, 1.165) is 27.7 Å². The Kier molecular flexibility index (Phi) is 3.41. The van der Waals surface area contributed by atoms with Gasteiger partial charge >= 0.3 is 132 Å². The fourth-order valence-corrected chi connectivity index (χ4v) is 3.41. The standard InChI is InChI=1S/C15H11FN2O.Tl/c1-9-12(4-5-14-15(9)18-8-17-14)10-2-3-11(7-19)13(16)6-10;/h2-8H,1H3,(H,17,18,19);/q;+1/p-1. The Bertz CT molecular complexity index is 826. The van der Waals surface area contributed by atoms with Gasteiger partial charge in [-0.25, -0.2) is 0 Å². The average Bonchev–Trinajstić information content (AvgIpc) is 2.82. The SMILES string of the molecule is Cc1c(-c2ccc(C=O)c(F)c2)ccc2c1nc[n]2[Tl]. The fraction of sp³-hybridized carbons (Fsp3) is 0.0667. The molecule has 1 heterocycles. The maximum atomic E-state index is 13.7. The van der Waals surface area contributed by atoms with Crippen LogP contribution in [0.4, 0.5) is 4.39 Å². The molecule has 0 spiro atoms. The van der Waals surface area contributed by atoms with Crippen LogP contribution in [0.15, 0.2) is 36.7 Å². The van der Waals surface area contributed by atoms with E-state index in [1.165, 1.54) is 12.1 Å². The van der Waals surface area contributed by atoms with Gasteiger partial charge in [-0.1, -0.05) is 0 Å². The van der Waals surface area contributed by atoms with Crippen molar-refractivity contribution in [1.82, 2.24) is 7.36 Å². The van der Waals surface area contributed by atoms with E-state index < -0.39 is 5.82 Å². The molecule has 96 valence electrons. The van der Waals surface area contributed by atoms with Gasteiger partial charge in [-0.05, 0) is 0 Å². The van der Waals surface area contributed by atoms with Crippen LogP contribution in [-0.2, 0) is 0 Å². The molecule has 0 amide bonds. The summed E-state index contributed by atoms with van der Waals surface area (Å²) in [5.41, 5.74) is 4.87. The Morgan fingerprint density at radius 1 is 1.30 bits per heavy atom. The zero-order valence-electron chi connectivity index (χ0n) is 10.8. The van der Waals surface area contributed by atoms with Crippen molar-refractivity contribution < 1.29 is 9.18 Å². The van der Waals surface area contributed by atoms with E-state index in [1.54, 1.807) is 6.07 Å². The first-order chi connectivity index (χ1) is 9.61. The van der Waals surface area contributed by atoms with Gasteiger partial charge in [0.2, 0.25) is 0 Å². The number of nitrogens with zero attached hydrogens (tertiary/aromatic N) is 2. The molecule has 20 heavy (non-hydrogen) atoms. The van der Waals surface area contributed by atoms with E-state index in [1.807, 2.05) is 25.4 Å². The molecule has 3 rings (SSSR count). The summed E-state index contributed by atoms with van der Waals surface area (Å²) in [6, 6.07) is 8.66. The molecule has 0 aliphatic carbocycles. The molecule has 0 saturated heterocycles. The number of fused-ring (bicyclic) bond motifs is 1. The summed E-state index contributed by atoms with van der Waals surface area (Å²) >= 11 is 0.666. The van der Waals surface area contributed by atoms with Gasteiger partial charge in [0, 0.05) is 0 Å². The molecule has 3 nitrogen and oxygen atoms in total. The fourth-order valence-electron chi connectivity index (χ4n) is 2.34. The molecule has 0 unspecified atom stereocenters. The van der Waals surface area contributed by atoms with Crippen molar-refractivity contribution in [3.05, 3.63) is 53.6 Å². The van der Waals surface area contributed by atoms with Crippen LogP contribution in [0.25, 0.3) is 22.2 Å². The molecule has 2 aromatic carbocycles. The molecule has 0 fully saturated rings. The van der Waals surface area contributed by atoms with Gasteiger partial charge in [-0.3, -0.25) is 0 Å². The van der Waals surface area contributed by atoms with Crippen LogP contribution in [0.1, 0.15) is 15.9 Å². The predicted molar refractivity (Wildman–Crippen MR) is 76.4 cm³/mol. The molecular weight excluding hydrogens is 448 g/mol. The van der Waals surface area contributed by atoms with Crippen LogP contribution in [0, 0.1) is 12.7 Å². The molecule has 0 radical (unpaired) electrons. The number of aldehydes is 1. The molecule has 0 atom stereocenters. The van der Waals surface area contributed by atoms with E-state index in [-0.39, 0.29) is 5.56 Å². The van der Waals surface area contributed by atoms with Gasteiger partial charge in [0.1, 0.15) is 0 Å². The zero-order valence-corrected chi connectivity index (χ0v) is 15.3. The van der Waals surface area contributed by atoms with Gasteiger partial charge in [-0.15, -0.1) is 0 Å². The Hall–Kier alpha value is -1.57. The Morgan fingerprint density at radius 3 is 2.80 bits per heavy atom. The average molecular weight is 458 g/mol. The van der Waals surface area contributed by atoms with Gasteiger partial charge in [0.15, 0.2) is 0 Å². The number of imidazole rings is 1. The summed E-state index contributed by atoms with van der Waals surface area (Å²) in [6.07, 6.45) is 2.36. The third-order valence-corrected chi connectivity index (χ3v) is 5.04. The normalized spacial score (nSPS) is 10.8. The number of halogens is 1. The predicted octanol–water partition coefficient (Wildman–Crippen LogP) is 2.89. The second kappa shape index (κ2) is 5.08. The van der Waals surface area contributed by atoms with E-state index >= 15 is 0 Å². The van der Waals surface area contributed by atoms with Crippen LogP contribution in [0.5, 0.6) is 0 Å². The first-order valence-corrected chi connectivity index (χ1v) is 8.09. The first-order valence-electron chi connectivity index (χ1n) is 6.08. The summed E-state index contributed by atoms with van der Waals surface area (Å²) in [4.78, 5) is 15.1. The summed E-state index contributed by atoms with van der Waals surface area (Å²) in [5.74, 6) is -0.494. The third kappa shape index (κ3) is 2.07. The quantitative estimate of drug-likeness (QED) is 0.438. The van der Waals surface area contributed by atoms with Gasteiger partial charge in [0.25, 0.3) is 0 Å². The van der Waals surface area contributed by atoms with Crippen LogP contribution < -0.4 is 0 Å². The number of aryl methyl sites for hydroxylation is 1. The maximum absolute atomic E-state index is 13.7. The Labute approximate surface area is 131 Å². The van der Waals surface area contributed by atoms with Gasteiger partial charge in [-0.2, -0.15) is 0 Å². The summed E-state index contributed by atoms with van der Waals surface area (Å²) in [5, 5.41) is 0. The van der Waals surface area contributed by atoms with Crippen LogP contribution in [0.2, 0.25) is 0 Å². The molecule has 5 heteroatoms. The van der Waals surface area contributed by atoms with Crippen molar-refractivity contribution in [3.8, 4) is 11.1 Å². The van der Waals surface area contributed by atoms with Crippen molar-refractivity contribution in [2.24, 2.45) is 0 Å². The van der Waals surface area contributed by atoms with Crippen molar-refractivity contribution in [2.75, 3.05) is 0 Å². The minimum atomic E-state index is -0.494. The number of benzene rings is 2. The van der Waals surface area contributed by atoms with Crippen LogP contribution >= 0.6 is 0 Å². The molecule has 0 aliphatic rings. The molecule has 3 aromatic rings. The summed E-state index contributed by atoms with van der Waals surface area (Å²) in [6.45, 7) is 1.99. The van der Waals surface area contributed by atoms with Crippen molar-refractivity contribution in [1.29, 1.82) is 0 Å². The second-order valence-electron chi connectivity index (χ2n) is 4.61. The number of hydrogen-bond acceptors (Lipinski definition) is 2. The third-order valence-electron chi connectivity index (χ3n) is 3.44. The zero-order chi connectivity index (χ0) is 14.3. The van der Waals surface area contributed by atoms with Gasteiger partial charge in [0.05, 0.1) is 0 Å². The molecule has 0 aliphatic heterocycles. The van der Waals surface area contributed by atoms with Crippen molar-refractivity contribution in [2.45, 2.75) is 6.92 Å². The van der Waals surface area contributed by atoms with Crippen LogP contribution in [-0.4, -0.2) is 39.7 Å². The number of carbonyl (C=O) groups excluding carboxylic acids is 1. The monoisotopic (exact) mass is 458 g/mol. The summed E-state index contributed by atoms with van der Waals surface area (Å²) < 4.78 is 15.9. The van der Waals surface area contributed by atoms with Gasteiger partial charge < -0.3 is 0 Å². The van der Waals surface area contributed by atoms with Crippen molar-refractivity contribution in [3.63, 3.8) is 0 Å². The molecule has 0 N–H and O–H groups in total. The Balaban J connectivity index is 2.21. The van der Waals surface area contributed by atoms with Crippen LogP contribution in [0.3, 0.4) is 0 Å². The van der Waals surface area contributed by atoms with Crippen molar-refractivity contribution >= 4 is 43.4 Å². The molecule has 1 aromatic heterocycles.